The van der Waals surface area contributed by atoms with E-state index in [0.29, 0.717) is 0 Å². The van der Waals surface area contributed by atoms with Gasteiger partial charge in [-0.15, -0.1) is 0 Å². The molecule has 0 fully saturated rings. The van der Waals surface area contributed by atoms with Crippen molar-refractivity contribution < 1.29 is 0 Å². The van der Waals surface area contributed by atoms with Gasteiger partial charge in [0, 0.05) is 21.5 Å². The first-order valence-electron chi connectivity index (χ1n) is 6.01. The smallest absolute Gasteiger partial charge is 0.188 e. The average Bonchev–Trinajstić information content (AvgIpc) is 2.81. The van der Waals surface area contributed by atoms with E-state index < -0.39 is 0 Å². The van der Waals surface area contributed by atoms with Crippen LogP contribution in [0.3, 0.4) is 0 Å². The number of nitrogens with zero attached hydrogens (tertiary/aromatic N) is 2. The molecule has 2 N–H and O–H groups in total. The van der Waals surface area contributed by atoms with Crippen LogP contribution >= 0.6 is 27.7 Å². The van der Waals surface area contributed by atoms with Crippen molar-refractivity contribution in [2.75, 3.05) is 0 Å². The van der Waals surface area contributed by atoms with Crippen LogP contribution in [0.4, 0.5) is 0 Å². The monoisotopic (exact) mass is 340 g/mol. The molecular formula is C13H17BrN4S. The van der Waals surface area contributed by atoms with Crippen LogP contribution in [0.15, 0.2) is 39.1 Å². The zero-order valence-corrected chi connectivity index (χ0v) is 13.6. The number of rotatable bonds is 4. The lowest BCUT2D eigenvalue weighted by Gasteiger charge is -2.20. The maximum Gasteiger partial charge on any atom is 0.188 e. The van der Waals surface area contributed by atoms with Gasteiger partial charge in [-0.05, 0) is 66.2 Å². The third kappa shape index (κ3) is 4.63. The summed E-state index contributed by atoms with van der Waals surface area (Å²) in [6.45, 7) is 7.35. The predicted octanol–water partition coefficient (Wildman–Crippen LogP) is 3.61. The number of nitrogens with one attached hydrogen (secondary N) is 2. The maximum atomic E-state index is 4.11. The number of aromatic amines is 1. The molecule has 0 saturated heterocycles. The standard InChI is InChI=1S/C13H17BrN4S/c1-13(2,3)16-7-9-4-5-11(10(14)6-9)19-12-15-8-17-18-12/h4-6,8,16H,7H2,1-3H3,(H,15,17,18). The van der Waals surface area contributed by atoms with Gasteiger partial charge in [-0.3, -0.25) is 5.10 Å². The first kappa shape index (κ1) is 14.6. The van der Waals surface area contributed by atoms with Gasteiger partial charge in [0.2, 0.25) is 0 Å². The van der Waals surface area contributed by atoms with E-state index in [9.17, 15) is 0 Å². The molecule has 0 amide bonds. The minimum Gasteiger partial charge on any atom is -0.308 e. The van der Waals surface area contributed by atoms with Gasteiger partial charge in [-0.25, -0.2) is 4.98 Å². The summed E-state index contributed by atoms with van der Waals surface area (Å²) in [5.41, 5.74) is 1.38. The van der Waals surface area contributed by atoms with Crippen molar-refractivity contribution in [2.45, 2.75) is 42.9 Å². The fourth-order valence-electron chi connectivity index (χ4n) is 1.45. The summed E-state index contributed by atoms with van der Waals surface area (Å²) in [5, 5.41) is 10.9. The number of benzene rings is 1. The normalized spacial score (nSPS) is 11.8. The van der Waals surface area contributed by atoms with Gasteiger partial charge in [0.1, 0.15) is 6.33 Å². The molecule has 102 valence electrons. The third-order valence-corrected chi connectivity index (χ3v) is 4.30. The number of hydrogen-bond donors (Lipinski definition) is 2. The van der Waals surface area contributed by atoms with E-state index in [1.54, 1.807) is 11.8 Å². The fraction of sp³-hybridized carbons (Fsp3) is 0.385. The summed E-state index contributed by atoms with van der Waals surface area (Å²) in [6.07, 6.45) is 1.51. The minimum absolute atomic E-state index is 0.125. The van der Waals surface area contributed by atoms with E-state index >= 15 is 0 Å². The molecule has 0 saturated carbocycles. The zero-order valence-electron chi connectivity index (χ0n) is 11.2. The molecule has 0 radical (unpaired) electrons. The first-order valence-corrected chi connectivity index (χ1v) is 7.62. The second-order valence-electron chi connectivity index (χ2n) is 5.26. The quantitative estimate of drug-likeness (QED) is 0.892. The molecule has 1 aromatic heterocycles. The number of aromatic nitrogens is 3. The molecule has 1 aromatic carbocycles. The number of hydrogen-bond acceptors (Lipinski definition) is 4. The summed E-state index contributed by atoms with van der Waals surface area (Å²) in [5.74, 6) is 0. The van der Waals surface area contributed by atoms with Gasteiger partial charge >= 0.3 is 0 Å². The SMILES string of the molecule is CC(C)(C)NCc1ccc(Sc2ncn[nH]2)c(Br)c1. The van der Waals surface area contributed by atoms with Crippen molar-refractivity contribution >= 4 is 27.7 Å². The third-order valence-electron chi connectivity index (χ3n) is 2.42. The van der Waals surface area contributed by atoms with Crippen LogP contribution in [-0.2, 0) is 6.54 Å². The number of halogens is 1. The molecule has 0 aliphatic carbocycles. The van der Waals surface area contributed by atoms with Gasteiger partial charge in [0.05, 0.1) is 0 Å². The van der Waals surface area contributed by atoms with Gasteiger partial charge < -0.3 is 5.32 Å². The van der Waals surface area contributed by atoms with Crippen molar-refractivity contribution in [1.82, 2.24) is 20.5 Å². The van der Waals surface area contributed by atoms with Crippen LogP contribution in [0, 0.1) is 0 Å². The molecule has 6 heteroatoms. The summed E-state index contributed by atoms with van der Waals surface area (Å²) in [6, 6.07) is 6.36. The van der Waals surface area contributed by atoms with Crippen LogP contribution in [0.5, 0.6) is 0 Å². The van der Waals surface area contributed by atoms with Crippen LogP contribution in [0.2, 0.25) is 0 Å². The Bertz CT molecular complexity index is 534. The Balaban J connectivity index is 2.05. The van der Waals surface area contributed by atoms with Gasteiger partial charge in [0.25, 0.3) is 0 Å². The Kier molecular flexibility index (Phi) is 4.65. The summed E-state index contributed by atoms with van der Waals surface area (Å²) in [4.78, 5) is 5.23. The molecule has 2 aromatic rings. The van der Waals surface area contributed by atoms with E-state index in [0.717, 1.165) is 21.1 Å². The molecule has 0 atom stereocenters. The lowest BCUT2D eigenvalue weighted by Crippen LogP contribution is -2.35. The molecule has 0 spiro atoms. The highest BCUT2D eigenvalue weighted by Gasteiger charge is 2.10. The Labute approximate surface area is 125 Å². The van der Waals surface area contributed by atoms with E-state index in [4.69, 9.17) is 0 Å². The summed E-state index contributed by atoms with van der Waals surface area (Å²) >= 11 is 5.16. The highest BCUT2D eigenvalue weighted by atomic mass is 79.9. The zero-order chi connectivity index (χ0) is 13.9. The van der Waals surface area contributed by atoms with Crippen LogP contribution in [0.25, 0.3) is 0 Å². The first-order chi connectivity index (χ1) is 8.94. The highest BCUT2D eigenvalue weighted by molar-refractivity contribution is 9.10. The molecule has 2 rings (SSSR count). The molecule has 0 aliphatic rings. The van der Waals surface area contributed by atoms with Crippen molar-refractivity contribution in [3.05, 3.63) is 34.6 Å². The lowest BCUT2D eigenvalue weighted by atomic mass is 10.1. The molecule has 19 heavy (non-hydrogen) atoms. The van der Waals surface area contributed by atoms with Gasteiger partial charge in [-0.2, -0.15) is 5.10 Å². The maximum absolute atomic E-state index is 4.11. The highest BCUT2D eigenvalue weighted by Crippen LogP contribution is 2.31. The van der Waals surface area contributed by atoms with Crippen molar-refractivity contribution in [3.63, 3.8) is 0 Å². The molecule has 4 nitrogen and oxygen atoms in total. The van der Waals surface area contributed by atoms with E-state index in [1.807, 2.05) is 0 Å². The van der Waals surface area contributed by atoms with Crippen molar-refractivity contribution in [1.29, 1.82) is 0 Å². The predicted molar refractivity (Wildman–Crippen MR) is 81.2 cm³/mol. The van der Waals surface area contributed by atoms with Crippen LogP contribution in [-0.4, -0.2) is 20.7 Å². The Hall–Kier alpha value is -0.850. The molecule has 0 aliphatic heterocycles. The topological polar surface area (TPSA) is 53.6 Å². The van der Waals surface area contributed by atoms with Crippen LogP contribution < -0.4 is 5.32 Å². The average molecular weight is 341 g/mol. The Morgan fingerprint density at radius 2 is 2.16 bits per heavy atom. The van der Waals surface area contributed by atoms with E-state index in [-0.39, 0.29) is 5.54 Å². The Morgan fingerprint density at radius 3 is 2.74 bits per heavy atom. The molecule has 0 bridgehead atoms. The van der Waals surface area contributed by atoms with E-state index in [1.165, 1.54) is 11.9 Å². The minimum atomic E-state index is 0.125. The summed E-state index contributed by atoms with van der Waals surface area (Å²) in [7, 11) is 0. The fourth-order valence-corrected chi connectivity index (χ4v) is 2.82. The lowest BCUT2D eigenvalue weighted by molar-refractivity contribution is 0.424. The number of H-pyrrole nitrogens is 1. The molecular weight excluding hydrogens is 324 g/mol. The largest absolute Gasteiger partial charge is 0.308 e. The Morgan fingerprint density at radius 1 is 1.37 bits per heavy atom. The second-order valence-corrected chi connectivity index (χ2v) is 7.15. The van der Waals surface area contributed by atoms with Gasteiger partial charge in [-0.1, -0.05) is 6.07 Å². The van der Waals surface area contributed by atoms with Gasteiger partial charge in [0.15, 0.2) is 5.16 Å². The molecule has 0 unspecified atom stereocenters. The van der Waals surface area contributed by atoms with Crippen molar-refractivity contribution in [3.8, 4) is 0 Å². The van der Waals surface area contributed by atoms with E-state index in [2.05, 4.69) is 75.4 Å². The summed E-state index contributed by atoms with van der Waals surface area (Å²) < 4.78 is 1.07. The van der Waals surface area contributed by atoms with Crippen molar-refractivity contribution in [2.24, 2.45) is 0 Å². The molecule has 1 heterocycles. The second kappa shape index (κ2) is 6.07. The van der Waals surface area contributed by atoms with Crippen LogP contribution in [0.1, 0.15) is 26.3 Å².